The third-order valence-electron chi connectivity index (χ3n) is 2.32. The molecule has 0 saturated carbocycles. The van der Waals surface area contributed by atoms with Crippen molar-refractivity contribution in [2.45, 2.75) is 38.6 Å². The van der Waals surface area contributed by atoms with E-state index in [0.717, 1.165) is 13.8 Å². The van der Waals surface area contributed by atoms with Crippen molar-refractivity contribution >= 4 is 17.9 Å². The highest BCUT2D eigenvalue weighted by Gasteiger charge is 2.31. The summed E-state index contributed by atoms with van der Waals surface area (Å²) >= 11 is 0. The number of aldehydes is 1. The van der Waals surface area contributed by atoms with E-state index in [0.29, 0.717) is 6.29 Å². The van der Waals surface area contributed by atoms with Crippen LogP contribution in [0.4, 0.5) is 0 Å². The summed E-state index contributed by atoms with van der Waals surface area (Å²) in [6.07, 6.45) is -4.68. The number of aliphatic hydroxyl groups excluding tert-OH is 3. The van der Waals surface area contributed by atoms with Crippen LogP contribution in [-0.4, -0.2) is 51.5 Å². The molecule has 6 heteroatoms. The lowest BCUT2D eigenvalue weighted by Gasteiger charge is -2.22. The van der Waals surface area contributed by atoms with Gasteiger partial charge in [0.15, 0.2) is 11.6 Å². The molecule has 0 radical (unpaired) electrons. The van der Waals surface area contributed by atoms with Gasteiger partial charge < -0.3 is 20.1 Å². The molecule has 0 aromatic carbocycles. The van der Waals surface area contributed by atoms with Gasteiger partial charge in [-0.15, -0.1) is 0 Å². The van der Waals surface area contributed by atoms with E-state index in [2.05, 4.69) is 0 Å². The van der Waals surface area contributed by atoms with E-state index in [9.17, 15) is 29.7 Å². The molecule has 3 N–H and O–H groups in total. The predicted octanol–water partition coefficient (Wildman–Crippen LogP) is -1.55. The maximum absolute atomic E-state index is 10.8. The normalized spacial score (nSPS) is 18.3. The van der Waals surface area contributed by atoms with Gasteiger partial charge in [-0.3, -0.25) is 9.59 Å². The fourth-order valence-corrected chi connectivity index (χ4v) is 1.17. The zero-order valence-electron chi connectivity index (χ0n) is 9.16. The maximum atomic E-state index is 10.8. The van der Waals surface area contributed by atoms with Gasteiger partial charge in [0.25, 0.3) is 0 Å². The number of hydrogen-bond acceptors (Lipinski definition) is 6. The highest BCUT2D eigenvalue weighted by Crippen LogP contribution is 2.14. The zero-order valence-corrected chi connectivity index (χ0v) is 9.16. The molecule has 0 aliphatic carbocycles. The summed E-state index contributed by atoms with van der Waals surface area (Å²) in [6, 6.07) is 0. The van der Waals surface area contributed by atoms with Crippen LogP contribution in [0.1, 0.15) is 20.3 Å². The van der Waals surface area contributed by atoms with Crippen LogP contribution in [0.5, 0.6) is 0 Å². The van der Waals surface area contributed by atoms with Crippen LogP contribution in [-0.2, 0) is 14.4 Å². The van der Waals surface area contributed by atoms with Gasteiger partial charge in [-0.25, -0.2) is 0 Å². The number of hydrogen-bond donors (Lipinski definition) is 3. The van der Waals surface area contributed by atoms with Crippen LogP contribution >= 0.6 is 0 Å². The Morgan fingerprint density at radius 2 is 1.62 bits per heavy atom. The molecule has 0 spiro atoms. The first-order valence-corrected chi connectivity index (χ1v) is 4.81. The first-order valence-electron chi connectivity index (χ1n) is 4.81. The van der Waals surface area contributed by atoms with Gasteiger partial charge in [0.1, 0.15) is 18.5 Å². The number of ketones is 2. The minimum atomic E-state index is -1.69. The van der Waals surface area contributed by atoms with Crippen molar-refractivity contribution < 1.29 is 29.7 Å². The lowest BCUT2D eigenvalue weighted by molar-refractivity contribution is -0.137. The molecule has 6 nitrogen and oxygen atoms in total. The van der Waals surface area contributed by atoms with Gasteiger partial charge in [0.05, 0.1) is 6.10 Å². The Balaban J connectivity index is 4.55. The van der Waals surface area contributed by atoms with Crippen molar-refractivity contribution in [1.82, 2.24) is 0 Å². The standard InChI is InChI=1S/C10H16O6/c1-5(12)8(14)3-7(4-11)10(16)9(15)6(2)13/h4,7-10,14-16H,3H2,1-2H3/t7-,8?,9?,10-/m1/s1. The second-order valence-electron chi connectivity index (χ2n) is 3.71. The van der Waals surface area contributed by atoms with Crippen molar-refractivity contribution in [1.29, 1.82) is 0 Å². The lowest BCUT2D eigenvalue weighted by atomic mass is 9.91. The SMILES string of the molecule is CC(=O)C(O)C[C@H](C=O)[C@@H](O)C(O)C(C)=O. The summed E-state index contributed by atoms with van der Waals surface area (Å²) in [4.78, 5) is 32.1. The minimum absolute atomic E-state index is 0.309. The van der Waals surface area contributed by atoms with Crippen LogP contribution in [0, 0.1) is 5.92 Å². The Bertz CT molecular complexity index is 274. The van der Waals surface area contributed by atoms with Crippen LogP contribution < -0.4 is 0 Å². The van der Waals surface area contributed by atoms with E-state index in [1.54, 1.807) is 0 Å². The lowest BCUT2D eigenvalue weighted by Crippen LogP contribution is -2.40. The monoisotopic (exact) mass is 232 g/mol. The molecule has 0 saturated heterocycles. The van der Waals surface area contributed by atoms with Crippen molar-refractivity contribution in [3.8, 4) is 0 Å². The Kier molecular flexibility index (Phi) is 6.02. The minimum Gasteiger partial charge on any atom is -0.389 e. The maximum Gasteiger partial charge on any atom is 0.160 e. The highest BCUT2D eigenvalue weighted by atomic mass is 16.3. The number of carbonyl (C=O) groups is 3. The van der Waals surface area contributed by atoms with Gasteiger partial charge in [-0.2, -0.15) is 0 Å². The average molecular weight is 232 g/mol. The summed E-state index contributed by atoms with van der Waals surface area (Å²) in [5, 5.41) is 27.9. The van der Waals surface area contributed by atoms with Gasteiger partial charge in [-0.1, -0.05) is 0 Å². The first-order chi connectivity index (χ1) is 7.31. The second-order valence-corrected chi connectivity index (χ2v) is 3.71. The van der Waals surface area contributed by atoms with Gasteiger partial charge in [0.2, 0.25) is 0 Å². The smallest absolute Gasteiger partial charge is 0.160 e. The molecule has 92 valence electrons. The number of carbonyl (C=O) groups excluding carboxylic acids is 3. The molecule has 0 heterocycles. The van der Waals surface area contributed by atoms with E-state index in [4.69, 9.17) is 0 Å². The van der Waals surface area contributed by atoms with Crippen molar-refractivity contribution in [2.75, 3.05) is 0 Å². The quantitative estimate of drug-likeness (QED) is 0.458. The van der Waals surface area contributed by atoms with E-state index in [-0.39, 0.29) is 6.42 Å². The van der Waals surface area contributed by atoms with Crippen LogP contribution in [0.3, 0.4) is 0 Å². The average Bonchev–Trinajstić information content (AvgIpc) is 2.22. The fourth-order valence-electron chi connectivity index (χ4n) is 1.17. The zero-order chi connectivity index (χ0) is 12.9. The first kappa shape index (κ1) is 14.9. The molecule has 0 rings (SSSR count). The molecule has 4 atom stereocenters. The number of Topliss-reactive ketones (excluding diaryl/α,β-unsaturated/α-hetero) is 2. The molecule has 2 unspecified atom stereocenters. The van der Waals surface area contributed by atoms with Crippen LogP contribution in [0.2, 0.25) is 0 Å². The van der Waals surface area contributed by atoms with E-state index >= 15 is 0 Å². The Hall–Kier alpha value is -1.11. The van der Waals surface area contributed by atoms with Crippen molar-refractivity contribution in [2.24, 2.45) is 5.92 Å². The molecule has 0 bridgehead atoms. The molecular formula is C10H16O6. The van der Waals surface area contributed by atoms with Gasteiger partial charge in [0, 0.05) is 5.92 Å². The highest BCUT2D eigenvalue weighted by molar-refractivity contribution is 5.82. The third kappa shape index (κ3) is 4.18. The van der Waals surface area contributed by atoms with E-state index in [1.807, 2.05) is 0 Å². The summed E-state index contributed by atoms with van der Waals surface area (Å²) < 4.78 is 0. The second kappa shape index (κ2) is 6.47. The van der Waals surface area contributed by atoms with Crippen LogP contribution in [0.15, 0.2) is 0 Å². The Morgan fingerprint density at radius 1 is 1.12 bits per heavy atom. The Morgan fingerprint density at radius 3 is 1.94 bits per heavy atom. The molecule has 16 heavy (non-hydrogen) atoms. The molecule has 0 aromatic heterocycles. The number of aliphatic hydroxyl groups is 3. The molecule has 0 aliphatic heterocycles. The van der Waals surface area contributed by atoms with Gasteiger partial charge in [-0.05, 0) is 20.3 Å². The molecular weight excluding hydrogens is 216 g/mol. The van der Waals surface area contributed by atoms with Crippen molar-refractivity contribution in [3.05, 3.63) is 0 Å². The fraction of sp³-hybridized carbons (Fsp3) is 0.700. The molecule has 0 fully saturated rings. The summed E-state index contributed by atoms with van der Waals surface area (Å²) in [5.41, 5.74) is 0. The van der Waals surface area contributed by atoms with Crippen molar-refractivity contribution in [3.63, 3.8) is 0 Å². The molecule has 0 aliphatic rings. The van der Waals surface area contributed by atoms with Crippen LogP contribution in [0.25, 0.3) is 0 Å². The third-order valence-corrected chi connectivity index (χ3v) is 2.32. The molecule has 0 amide bonds. The summed E-state index contributed by atoms with van der Waals surface area (Å²) in [6.45, 7) is 2.21. The summed E-state index contributed by atoms with van der Waals surface area (Å²) in [7, 11) is 0. The van der Waals surface area contributed by atoms with E-state index in [1.165, 1.54) is 0 Å². The molecule has 0 aromatic rings. The topological polar surface area (TPSA) is 112 Å². The van der Waals surface area contributed by atoms with E-state index < -0.39 is 35.8 Å². The number of rotatable bonds is 7. The summed E-state index contributed by atoms with van der Waals surface area (Å²) in [5.74, 6) is -2.38. The Labute approximate surface area is 92.9 Å². The van der Waals surface area contributed by atoms with Gasteiger partial charge >= 0.3 is 0 Å². The largest absolute Gasteiger partial charge is 0.389 e. The predicted molar refractivity (Wildman–Crippen MR) is 53.6 cm³/mol.